The van der Waals surface area contributed by atoms with Crippen molar-refractivity contribution in [3.8, 4) is 0 Å². The number of anilines is 2. The molecule has 0 saturated carbocycles. The van der Waals surface area contributed by atoms with Crippen LogP contribution in [-0.2, 0) is 4.79 Å². The van der Waals surface area contributed by atoms with Crippen molar-refractivity contribution in [3.63, 3.8) is 0 Å². The molecule has 32 heavy (non-hydrogen) atoms. The smallest absolute Gasteiger partial charge is 0.251 e. The Morgan fingerprint density at radius 1 is 0.938 bits per heavy atom. The van der Waals surface area contributed by atoms with Crippen LogP contribution in [0.5, 0.6) is 0 Å². The summed E-state index contributed by atoms with van der Waals surface area (Å²) in [6.07, 6.45) is 2.11. The summed E-state index contributed by atoms with van der Waals surface area (Å²) in [6, 6.07) is 27.6. The molecule has 0 spiro atoms. The van der Waals surface area contributed by atoms with Crippen LogP contribution in [0.2, 0.25) is 0 Å². The predicted molar refractivity (Wildman–Crippen MR) is 124 cm³/mol. The Hall–Kier alpha value is -4.26. The number of hydrogen-bond donors (Lipinski definition) is 1. The molecular weight excluding hydrogens is 400 g/mol. The Kier molecular flexibility index (Phi) is 5.21. The maximum atomic E-state index is 13.0. The Morgan fingerprint density at radius 2 is 1.62 bits per heavy atom. The zero-order valence-electron chi connectivity index (χ0n) is 17.6. The van der Waals surface area contributed by atoms with Gasteiger partial charge in [-0.15, -0.1) is 0 Å². The van der Waals surface area contributed by atoms with Gasteiger partial charge in [0, 0.05) is 5.69 Å². The number of carbonyl (C=O) groups is 1. The second-order valence-corrected chi connectivity index (χ2v) is 7.65. The van der Waals surface area contributed by atoms with Gasteiger partial charge in [0.05, 0.1) is 5.70 Å². The van der Waals surface area contributed by atoms with Gasteiger partial charge in [0.2, 0.25) is 5.91 Å². The highest BCUT2D eigenvalue weighted by molar-refractivity contribution is 5.97. The molecule has 0 bridgehead atoms. The molecule has 5 rings (SSSR count). The summed E-state index contributed by atoms with van der Waals surface area (Å²) in [7, 11) is 0. The van der Waals surface area contributed by atoms with Crippen molar-refractivity contribution < 1.29 is 4.79 Å². The number of aromatic nitrogens is 4. The van der Waals surface area contributed by atoms with Crippen molar-refractivity contribution in [2.24, 2.45) is 0 Å². The van der Waals surface area contributed by atoms with Crippen LogP contribution in [0, 0.1) is 6.92 Å². The number of carbonyl (C=O) groups excluding carboxylic acids is 1. The van der Waals surface area contributed by atoms with Gasteiger partial charge >= 0.3 is 0 Å². The molecule has 7 heteroatoms. The second-order valence-electron chi connectivity index (χ2n) is 7.65. The topological polar surface area (TPSA) is 75.9 Å². The zero-order valence-corrected chi connectivity index (χ0v) is 17.6. The van der Waals surface area contributed by atoms with E-state index in [4.69, 9.17) is 0 Å². The highest BCUT2D eigenvalue weighted by Gasteiger charge is 2.31. The normalized spacial score (nSPS) is 15.1. The van der Waals surface area contributed by atoms with E-state index in [9.17, 15) is 4.79 Å². The van der Waals surface area contributed by atoms with Crippen molar-refractivity contribution in [1.82, 2.24) is 20.2 Å². The fourth-order valence-corrected chi connectivity index (χ4v) is 3.92. The third-order valence-corrected chi connectivity index (χ3v) is 5.52. The van der Waals surface area contributed by atoms with Gasteiger partial charge in [0.25, 0.3) is 5.95 Å². The largest absolute Gasteiger partial charge is 0.324 e. The minimum absolute atomic E-state index is 0.0803. The monoisotopic (exact) mass is 422 g/mol. The Labute approximate surface area is 186 Å². The standard InChI is InChI=1S/C25H22N6O/c1-18-10-8-9-15-21(18)26-24(32)17-30-22(19-11-4-2-5-12-19)16-23(20-13-6-3-7-14-20)31-25(30)27-28-29-31/h2-16,23H,17H2,1H3,(H,26,32)/t23-/m1/s1. The van der Waals surface area contributed by atoms with Crippen LogP contribution in [0.15, 0.2) is 91.0 Å². The van der Waals surface area contributed by atoms with E-state index < -0.39 is 0 Å². The minimum Gasteiger partial charge on any atom is -0.324 e. The molecule has 4 aromatic rings. The highest BCUT2D eigenvalue weighted by Crippen LogP contribution is 2.36. The molecule has 0 saturated heterocycles. The third-order valence-electron chi connectivity index (χ3n) is 5.52. The number of allylic oxidation sites excluding steroid dienone is 1. The first-order valence-corrected chi connectivity index (χ1v) is 10.4. The van der Waals surface area contributed by atoms with Gasteiger partial charge in [0.15, 0.2) is 0 Å². The molecule has 0 radical (unpaired) electrons. The summed E-state index contributed by atoms with van der Waals surface area (Å²) in [5.74, 6) is 0.383. The van der Waals surface area contributed by atoms with Crippen molar-refractivity contribution in [2.75, 3.05) is 16.8 Å². The SMILES string of the molecule is Cc1ccccc1NC(=O)CN1C(c2ccccc2)=C[C@H](c2ccccc2)n2nnnc21. The molecule has 1 amide bonds. The van der Waals surface area contributed by atoms with Gasteiger partial charge in [-0.05, 0) is 46.2 Å². The molecular formula is C25H22N6O. The second kappa shape index (κ2) is 8.47. The summed E-state index contributed by atoms with van der Waals surface area (Å²) in [6.45, 7) is 2.05. The van der Waals surface area contributed by atoms with Gasteiger partial charge in [-0.1, -0.05) is 84.0 Å². The molecule has 0 unspecified atom stereocenters. The molecule has 158 valence electrons. The molecule has 2 heterocycles. The van der Waals surface area contributed by atoms with Crippen molar-refractivity contribution >= 4 is 23.2 Å². The van der Waals surface area contributed by atoms with Crippen LogP contribution < -0.4 is 10.2 Å². The maximum absolute atomic E-state index is 13.0. The van der Waals surface area contributed by atoms with Gasteiger partial charge < -0.3 is 5.32 Å². The minimum atomic E-state index is -0.174. The molecule has 1 atom stereocenters. The molecule has 1 aromatic heterocycles. The lowest BCUT2D eigenvalue weighted by atomic mass is 10.0. The third kappa shape index (κ3) is 3.76. The molecule has 0 aliphatic carbocycles. The predicted octanol–water partition coefficient (Wildman–Crippen LogP) is 4.07. The molecule has 7 nitrogen and oxygen atoms in total. The summed E-state index contributed by atoms with van der Waals surface area (Å²) in [5, 5.41) is 15.4. The van der Waals surface area contributed by atoms with Gasteiger partial charge in [-0.3, -0.25) is 9.69 Å². The Balaban J connectivity index is 1.53. The molecule has 3 aromatic carbocycles. The van der Waals surface area contributed by atoms with E-state index in [0.717, 1.165) is 28.1 Å². The number of rotatable bonds is 5. The average molecular weight is 422 g/mol. The van der Waals surface area contributed by atoms with Gasteiger partial charge in [0.1, 0.15) is 12.6 Å². The lowest BCUT2D eigenvalue weighted by molar-refractivity contribution is -0.114. The number of benzene rings is 3. The van der Waals surface area contributed by atoms with Crippen LogP contribution >= 0.6 is 0 Å². The van der Waals surface area contributed by atoms with E-state index in [0.29, 0.717) is 5.95 Å². The van der Waals surface area contributed by atoms with E-state index >= 15 is 0 Å². The number of aryl methyl sites for hydroxylation is 1. The van der Waals surface area contributed by atoms with Crippen molar-refractivity contribution in [3.05, 3.63) is 108 Å². The van der Waals surface area contributed by atoms with E-state index in [1.165, 1.54) is 0 Å². The van der Waals surface area contributed by atoms with E-state index in [-0.39, 0.29) is 18.5 Å². The molecule has 1 N–H and O–H groups in total. The number of tetrazole rings is 1. The number of fused-ring (bicyclic) bond motifs is 1. The summed E-state index contributed by atoms with van der Waals surface area (Å²) >= 11 is 0. The van der Waals surface area contributed by atoms with Crippen molar-refractivity contribution in [1.29, 1.82) is 0 Å². The quantitative estimate of drug-likeness (QED) is 0.525. The first kappa shape index (κ1) is 19.7. The molecule has 0 fully saturated rings. The highest BCUT2D eigenvalue weighted by atomic mass is 16.2. The van der Waals surface area contributed by atoms with Crippen LogP contribution in [0.4, 0.5) is 11.6 Å². The average Bonchev–Trinajstić information content (AvgIpc) is 3.32. The first-order valence-electron chi connectivity index (χ1n) is 10.4. The summed E-state index contributed by atoms with van der Waals surface area (Å²) in [5.41, 5.74) is 4.75. The molecule has 1 aliphatic rings. The summed E-state index contributed by atoms with van der Waals surface area (Å²) < 4.78 is 1.75. The first-order chi connectivity index (χ1) is 15.7. The lowest BCUT2D eigenvalue weighted by Gasteiger charge is -2.32. The lowest BCUT2D eigenvalue weighted by Crippen LogP contribution is -2.37. The number of hydrogen-bond acceptors (Lipinski definition) is 5. The van der Waals surface area contributed by atoms with Crippen LogP contribution in [0.3, 0.4) is 0 Å². The van der Waals surface area contributed by atoms with E-state index in [1.54, 1.807) is 4.68 Å². The van der Waals surface area contributed by atoms with Gasteiger partial charge in [-0.2, -0.15) is 4.68 Å². The number of amides is 1. The van der Waals surface area contributed by atoms with Gasteiger partial charge in [-0.25, -0.2) is 0 Å². The van der Waals surface area contributed by atoms with E-state index in [2.05, 4.69) is 39.1 Å². The maximum Gasteiger partial charge on any atom is 0.251 e. The summed E-state index contributed by atoms with van der Waals surface area (Å²) in [4.78, 5) is 14.9. The Bertz CT molecular complexity index is 1270. The number of para-hydroxylation sites is 1. The van der Waals surface area contributed by atoms with Crippen LogP contribution in [0.25, 0.3) is 5.70 Å². The van der Waals surface area contributed by atoms with Crippen molar-refractivity contribution in [2.45, 2.75) is 13.0 Å². The molecule has 1 aliphatic heterocycles. The fourth-order valence-electron chi connectivity index (χ4n) is 3.92. The van der Waals surface area contributed by atoms with E-state index in [1.807, 2.05) is 84.6 Å². The van der Waals surface area contributed by atoms with Crippen LogP contribution in [-0.4, -0.2) is 32.7 Å². The fraction of sp³-hybridized carbons (Fsp3) is 0.120. The number of nitrogens with zero attached hydrogens (tertiary/aromatic N) is 5. The van der Waals surface area contributed by atoms with Crippen LogP contribution in [0.1, 0.15) is 22.7 Å². The number of nitrogens with one attached hydrogen (secondary N) is 1. The zero-order chi connectivity index (χ0) is 21.9. The Morgan fingerprint density at radius 3 is 2.38 bits per heavy atom.